The number of aromatic hydroxyl groups is 1. The molecule has 2 aromatic carbocycles. The first-order valence-corrected chi connectivity index (χ1v) is 7.47. The van der Waals surface area contributed by atoms with Crippen LogP contribution in [0, 0.1) is 5.82 Å². The molecule has 2 rings (SSSR count). The summed E-state index contributed by atoms with van der Waals surface area (Å²) in [7, 11) is 1.01. The standard InChI is InChI=1S/C18H18FNO5/c1-20(25)17(23)16(22)11-18(24,13-4-8-15(21)9-5-13)10-12-2-6-14(19)7-3-12/h2-9,21,24-25H,10-11H2,1H3. The lowest BCUT2D eigenvalue weighted by molar-refractivity contribution is -0.167. The number of aliphatic hydroxyl groups is 1. The van der Waals surface area contributed by atoms with Crippen LogP contribution < -0.4 is 0 Å². The van der Waals surface area contributed by atoms with Gasteiger partial charge in [0.05, 0.1) is 0 Å². The van der Waals surface area contributed by atoms with Gasteiger partial charge in [0.15, 0.2) is 0 Å². The minimum atomic E-state index is -1.77. The molecule has 0 fully saturated rings. The molecule has 25 heavy (non-hydrogen) atoms. The highest BCUT2D eigenvalue weighted by molar-refractivity contribution is 6.35. The molecule has 0 saturated heterocycles. The number of hydroxylamine groups is 2. The summed E-state index contributed by atoms with van der Waals surface area (Å²) in [6.07, 6.45) is -0.648. The Kier molecular flexibility index (Phi) is 5.51. The van der Waals surface area contributed by atoms with Crippen molar-refractivity contribution in [3.63, 3.8) is 0 Å². The van der Waals surface area contributed by atoms with Gasteiger partial charge in [-0.05, 0) is 35.4 Å². The molecule has 7 heteroatoms. The monoisotopic (exact) mass is 347 g/mol. The molecular formula is C18H18FNO5. The van der Waals surface area contributed by atoms with Crippen molar-refractivity contribution in [2.24, 2.45) is 0 Å². The summed E-state index contributed by atoms with van der Waals surface area (Å²) in [5.41, 5.74) is -0.917. The minimum Gasteiger partial charge on any atom is -0.508 e. The van der Waals surface area contributed by atoms with E-state index < -0.39 is 29.5 Å². The maximum absolute atomic E-state index is 13.1. The Labute approximate surface area is 143 Å². The Morgan fingerprint density at radius 1 is 1.08 bits per heavy atom. The van der Waals surface area contributed by atoms with Crippen LogP contribution in [0.2, 0.25) is 0 Å². The quantitative estimate of drug-likeness (QED) is 0.420. The van der Waals surface area contributed by atoms with Gasteiger partial charge in [0.1, 0.15) is 17.2 Å². The molecule has 0 bridgehead atoms. The zero-order valence-corrected chi connectivity index (χ0v) is 13.5. The van der Waals surface area contributed by atoms with E-state index in [1.54, 1.807) is 0 Å². The summed E-state index contributed by atoms with van der Waals surface area (Å²) < 4.78 is 13.1. The Morgan fingerprint density at radius 2 is 1.64 bits per heavy atom. The third-order valence-electron chi connectivity index (χ3n) is 3.80. The molecule has 6 nitrogen and oxygen atoms in total. The van der Waals surface area contributed by atoms with Crippen molar-refractivity contribution in [2.75, 3.05) is 7.05 Å². The van der Waals surface area contributed by atoms with Crippen molar-refractivity contribution in [1.29, 1.82) is 0 Å². The molecule has 0 spiro atoms. The average Bonchev–Trinajstić information content (AvgIpc) is 2.56. The van der Waals surface area contributed by atoms with Gasteiger partial charge in [-0.3, -0.25) is 14.8 Å². The molecule has 0 aromatic heterocycles. The number of halogens is 1. The number of phenolic OH excluding ortho intramolecular Hbond substituents is 1. The number of carbonyl (C=O) groups is 2. The topological polar surface area (TPSA) is 98.1 Å². The van der Waals surface area contributed by atoms with Gasteiger partial charge in [0.2, 0.25) is 5.78 Å². The number of ketones is 1. The predicted octanol–water partition coefficient (Wildman–Crippen LogP) is 1.77. The van der Waals surface area contributed by atoms with Crippen LogP contribution in [0.1, 0.15) is 17.5 Å². The third-order valence-corrected chi connectivity index (χ3v) is 3.80. The number of Topliss-reactive ketones (excluding diaryl/α,β-unsaturated/α-hetero) is 1. The van der Waals surface area contributed by atoms with Crippen LogP contribution in [0.4, 0.5) is 4.39 Å². The number of hydrogen-bond donors (Lipinski definition) is 3. The largest absolute Gasteiger partial charge is 0.508 e. The molecule has 1 amide bonds. The van der Waals surface area contributed by atoms with Gasteiger partial charge in [-0.1, -0.05) is 24.3 Å². The smallest absolute Gasteiger partial charge is 0.313 e. The fraction of sp³-hybridized carbons (Fsp3) is 0.222. The number of benzene rings is 2. The maximum atomic E-state index is 13.1. The van der Waals surface area contributed by atoms with Crippen molar-refractivity contribution < 1.29 is 29.4 Å². The van der Waals surface area contributed by atoms with E-state index in [9.17, 15) is 24.2 Å². The van der Waals surface area contributed by atoms with Crippen molar-refractivity contribution in [2.45, 2.75) is 18.4 Å². The van der Waals surface area contributed by atoms with Crippen molar-refractivity contribution in [1.82, 2.24) is 5.06 Å². The van der Waals surface area contributed by atoms with Crippen LogP contribution >= 0.6 is 0 Å². The second-order valence-corrected chi connectivity index (χ2v) is 5.81. The summed E-state index contributed by atoms with van der Waals surface area (Å²) in [6.45, 7) is 0. The van der Waals surface area contributed by atoms with Crippen LogP contribution in [0.5, 0.6) is 5.75 Å². The fourth-order valence-electron chi connectivity index (χ4n) is 2.50. The Bertz CT molecular complexity index is 758. The van der Waals surface area contributed by atoms with E-state index in [0.29, 0.717) is 11.1 Å². The zero-order valence-electron chi connectivity index (χ0n) is 13.5. The highest BCUT2D eigenvalue weighted by Gasteiger charge is 2.35. The number of likely N-dealkylation sites (N-methyl/N-ethyl adjacent to an activating group) is 1. The summed E-state index contributed by atoms with van der Waals surface area (Å²) in [5.74, 6) is -2.60. The minimum absolute atomic E-state index is 0.0228. The SMILES string of the molecule is CN(O)C(=O)C(=O)CC(O)(Cc1ccc(F)cc1)c1ccc(O)cc1. The lowest BCUT2D eigenvalue weighted by Crippen LogP contribution is -2.38. The summed E-state index contributed by atoms with van der Waals surface area (Å²) >= 11 is 0. The Morgan fingerprint density at radius 3 is 2.16 bits per heavy atom. The first kappa shape index (κ1) is 18.6. The Balaban J connectivity index is 2.36. The number of nitrogens with zero attached hydrogens (tertiary/aromatic N) is 1. The number of amides is 1. The number of hydrogen-bond acceptors (Lipinski definition) is 5. The Hall–Kier alpha value is -2.77. The summed E-state index contributed by atoms with van der Waals surface area (Å²) in [6, 6.07) is 10.9. The van der Waals surface area contributed by atoms with E-state index in [2.05, 4.69) is 0 Å². The van der Waals surface area contributed by atoms with E-state index in [4.69, 9.17) is 5.21 Å². The average molecular weight is 347 g/mol. The van der Waals surface area contributed by atoms with Gasteiger partial charge >= 0.3 is 5.91 Å². The van der Waals surface area contributed by atoms with E-state index in [1.165, 1.54) is 48.5 Å². The molecule has 0 aliphatic rings. The van der Waals surface area contributed by atoms with Crippen LogP contribution in [-0.2, 0) is 21.6 Å². The third kappa shape index (κ3) is 4.62. The predicted molar refractivity (Wildman–Crippen MR) is 86.3 cm³/mol. The van der Waals surface area contributed by atoms with Gasteiger partial charge < -0.3 is 10.2 Å². The molecular weight excluding hydrogens is 329 g/mol. The van der Waals surface area contributed by atoms with Crippen molar-refractivity contribution in [3.05, 3.63) is 65.5 Å². The van der Waals surface area contributed by atoms with Gasteiger partial charge in [-0.2, -0.15) is 0 Å². The van der Waals surface area contributed by atoms with Crippen LogP contribution in [0.15, 0.2) is 48.5 Å². The molecule has 0 heterocycles. The highest BCUT2D eigenvalue weighted by atomic mass is 19.1. The molecule has 0 aliphatic heterocycles. The van der Waals surface area contributed by atoms with Crippen LogP contribution in [-0.4, -0.2) is 39.2 Å². The second kappa shape index (κ2) is 7.42. The van der Waals surface area contributed by atoms with E-state index in [1.807, 2.05) is 0 Å². The molecule has 3 N–H and O–H groups in total. The van der Waals surface area contributed by atoms with Crippen LogP contribution in [0.3, 0.4) is 0 Å². The molecule has 1 atom stereocenters. The van der Waals surface area contributed by atoms with Gasteiger partial charge in [-0.15, -0.1) is 0 Å². The van der Waals surface area contributed by atoms with Crippen molar-refractivity contribution >= 4 is 11.7 Å². The molecule has 0 aliphatic carbocycles. The first-order chi connectivity index (χ1) is 11.7. The van der Waals surface area contributed by atoms with Crippen molar-refractivity contribution in [3.8, 4) is 5.75 Å². The normalized spacial score (nSPS) is 13.1. The molecule has 0 radical (unpaired) electrons. The van der Waals surface area contributed by atoms with Gasteiger partial charge in [0, 0.05) is 19.9 Å². The van der Waals surface area contributed by atoms with E-state index >= 15 is 0 Å². The molecule has 1 unspecified atom stereocenters. The second-order valence-electron chi connectivity index (χ2n) is 5.81. The number of phenols is 1. The number of rotatable bonds is 6. The van der Waals surface area contributed by atoms with E-state index in [0.717, 1.165) is 7.05 Å². The van der Waals surface area contributed by atoms with Gasteiger partial charge in [0.25, 0.3) is 0 Å². The molecule has 0 saturated carbocycles. The zero-order chi connectivity index (χ0) is 18.6. The summed E-state index contributed by atoms with van der Waals surface area (Å²) in [5, 5.41) is 29.7. The van der Waals surface area contributed by atoms with E-state index in [-0.39, 0.29) is 17.2 Å². The van der Waals surface area contributed by atoms with Crippen LogP contribution in [0.25, 0.3) is 0 Å². The molecule has 2 aromatic rings. The summed E-state index contributed by atoms with van der Waals surface area (Å²) in [4.78, 5) is 23.7. The number of carbonyl (C=O) groups excluding carboxylic acids is 2. The lowest BCUT2D eigenvalue weighted by Gasteiger charge is -2.28. The maximum Gasteiger partial charge on any atom is 0.313 e. The highest BCUT2D eigenvalue weighted by Crippen LogP contribution is 2.31. The first-order valence-electron chi connectivity index (χ1n) is 7.47. The lowest BCUT2D eigenvalue weighted by atomic mass is 9.83. The molecule has 132 valence electrons. The fourth-order valence-corrected chi connectivity index (χ4v) is 2.50. The van der Waals surface area contributed by atoms with Gasteiger partial charge in [-0.25, -0.2) is 9.45 Å².